The first kappa shape index (κ1) is 14.5. The predicted molar refractivity (Wildman–Crippen MR) is 74.9 cm³/mol. The Balaban J connectivity index is 2.36. The summed E-state index contributed by atoms with van der Waals surface area (Å²) in [5, 5.41) is 1.67. The van der Waals surface area contributed by atoms with E-state index in [1.807, 2.05) is 6.92 Å². The van der Waals surface area contributed by atoms with E-state index in [0.717, 1.165) is 12.8 Å². The van der Waals surface area contributed by atoms with Crippen molar-refractivity contribution in [1.29, 1.82) is 0 Å². The Labute approximate surface area is 117 Å². The molecule has 19 heavy (non-hydrogen) atoms. The molecule has 2 heterocycles. The third-order valence-corrected chi connectivity index (χ3v) is 6.30. The van der Waals surface area contributed by atoms with E-state index in [-0.39, 0.29) is 10.8 Å². The van der Waals surface area contributed by atoms with E-state index in [1.165, 1.54) is 26.6 Å². The largest absolute Gasteiger partial charge is 0.341 e. The molecule has 0 bridgehead atoms. The van der Waals surface area contributed by atoms with Crippen LogP contribution in [0.25, 0.3) is 0 Å². The summed E-state index contributed by atoms with van der Waals surface area (Å²) in [5.74, 6) is -0.227. The van der Waals surface area contributed by atoms with Crippen molar-refractivity contribution in [3.63, 3.8) is 0 Å². The van der Waals surface area contributed by atoms with Gasteiger partial charge < -0.3 is 4.90 Å². The van der Waals surface area contributed by atoms with Gasteiger partial charge in [0.1, 0.15) is 9.77 Å². The molecule has 0 atom stereocenters. The second-order valence-corrected chi connectivity index (χ2v) is 7.37. The van der Waals surface area contributed by atoms with Crippen molar-refractivity contribution in [2.45, 2.75) is 24.7 Å². The molecule has 0 aliphatic carbocycles. The quantitative estimate of drug-likeness (QED) is 0.849. The molecule has 0 N–H and O–H groups in total. The van der Waals surface area contributed by atoms with Gasteiger partial charge in [0, 0.05) is 26.7 Å². The number of carbonyl (C=O) groups excluding carboxylic acids is 1. The van der Waals surface area contributed by atoms with Gasteiger partial charge in [0.15, 0.2) is 0 Å². The number of amides is 1. The maximum atomic E-state index is 12.5. The first-order chi connectivity index (χ1) is 8.98. The predicted octanol–water partition coefficient (Wildman–Crippen LogP) is 1.62. The minimum absolute atomic E-state index is 0.157. The number of hydrogen-bond donors (Lipinski definition) is 0. The summed E-state index contributed by atoms with van der Waals surface area (Å²) in [6.07, 6.45) is 1.78. The standard InChI is InChI=1S/C12H18N2O3S2/c1-3-13(2)12(15)11-10(6-9-18-11)19(16,17)14-7-4-5-8-14/h6,9H,3-5,7-8H2,1-2H3. The van der Waals surface area contributed by atoms with E-state index in [2.05, 4.69) is 0 Å². The van der Waals surface area contributed by atoms with Gasteiger partial charge >= 0.3 is 0 Å². The van der Waals surface area contributed by atoms with Gasteiger partial charge in [-0.3, -0.25) is 4.79 Å². The molecule has 1 aliphatic heterocycles. The smallest absolute Gasteiger partial charge is 0.265 e. The van der Waals surface area contributed by atoms with Crippen molar-refractivity contribution in [2.75, 3.05) is 26.7 Å². The molecule has 0 spiro atoms. The fourth-order valence-electron chi connectivity index (χ4n) is 2.04. The molecule has 1 aromatic rings. The normalized spacial score (nSPS) is 16.7. The van der Waals surface area contributed by atoms with Crippen molar-refractivity contribution >= 4 is 27.3 Å². The van der Waals surface area contributed by atoms with E-state index < -0.39 is 10.0 Å². The summed E-state index contributed by atoms with van der Waals surface area (Å²) in [4.78, 5) is 14.2. The second kappa shape index (κ2) is 5.60. The highest BCUT2D eigenvalue weighted by molar-refractivity contribution is 7.89. The van der Waals surface area contributed by atoms with Gasteiger partial charge in [-0.05, 0) is 31.2 Å². The fraction of sp³-hybridized carbons (Fsp3) is 0.583. The minimum Gasteiger partial charge on any atom is -0.341 e. The zero-order chi connectivity index (χ0) is 14.0. The SMILES string of the molecule is CCN(C)C(=O)c1sccc1S(=O)(=O)N1CCCC1. The van der Waals surface area contributed by atoms with Gasteiger partial charge in [0.2, 0.25) is 10.0 Å². The van der Waals surface area contributed by atoms with E-state index in [9.17, 15) is 13.2 Å². The maximum Gasteiger partial charge on any atom is 0.265 e. The zero-order valence-electron chi connectivity index (χ0n) is 11.1. The van der Waals surface area contributed by atoms with Crippen LogP contribution >= 0.6 is 11.3 Å². The molecule has 0 unspecified atom stereocenters. The molecule has 1 amide bonds. The third kappa shape index (κ3) is 2.68. The Morgan fingerprint density at radius 3 is 2.63 bits per heavy atom. The lowest BCUT2D eigenvalue weighted by Gasteiger charge is -2.18. The highest BCUT2D eigenvalue weighted by Gasteiger charge is 2.32. The number of carbonyl (C=O) groups is 1. The Kier molecular flexibility index (Phi) is 4.27. The summed E-state index contributed by atoms with van der Waals surface area (Å²) >= 11 is 1.19. The molecule has 7 heteroatoms. The van der Waals surface area contributed by atoms with Crippen molar-refractivity contribution in [3.05, 3.63) is 16.3 Å². The summed E-state index contributed by atoms with van der Waals surface area (Å²) < 4.78 is 26.5. The Morgan fingerprint density at radius 2 is 2.05 bits per heavy atom. The van der Waals surface area contributed by atoms with Crippen molar-refractivity contribution in [2.24, 2.45) is 0 Å². The minimum atomic E-state index is -3.52. The van der Waals surface area contributed by atoms with Gasteiger partial charge in [0.05, 0.1) is 0 Å². The zero-order valence-corrected chi connectivity index (χ0v) is 12.8. The summed E-state index contributed by atoms with van der Waals surface area (Å²) in [5.41, 5.74) is 0. The molecule has 2 rings (SSSR count). The average Bonchev–Trinajstić information content (AvgIpc) is 3.06. The Hall–Kier alpha value is -0.920. The molecule has 1 aromatic heterocycles. The second-order valence-electron chi connectivity index (χ2n) is 4.54. The first-order valence-corrected chi connectivity index (χ1v) is 8.63. The molecule has 1 aliphatic rings. The Morgan fingerprint density at radius 1 is 1.42 bits per heavy atom. The van der Waals surface area contributed by atoms with Crippen LogP contribution in [0.4, 0.5) is 0 Å². The van der Waals surface area contributed by atoms with Gasteiger partial charge in [-0.15, -0.1) is 11.3 Å². The van der Waals surface area contributed by atoms with Crippen LogP contribution in [-0.2, 0) is 10.0 Å². The average molecular weight is 302 g/mol. The van der Waals surface area contributed by atoms with Gasteiger partial charge in [-0.2, -0.15) is 4.31 Å². The van der Waals surface area contributed by atoms with E-state index in [1.54, 1.807) is 12.4 Å². The number of hydrogen-bond acceptors (Lipinski definition) is 4. The first-order valence-electron chi connectivity index (χ1n) is 6.31. The molecule has 0 aromatic carbocycles. The summed E-state index contributed by atoms with van der Waals surface area (Å²) in [6.45, 7) is 3.52. The van der Waals surface area contributed by atoms with Crippen LogP contribution in [0.1, 0.15) is 29.4 Å². The molecule has 1 fully saturated rings. The van der Waals surface area contributed by atoms with Crippen molar-refractivity contribution < 1.29 is 13.2 Å². The van der Waals surface area contributed by atoms with Crippen LogP contribution < -0.4 is 0 Å². The fourth-order valence-corrected chi connectivity index (χ4v) is 4.95. The van der Waals surface area contributed by atoms with Crippen LogP contribution in [0.3, 0.4) is 0 Å². The van der Waals surface area contributed by atoms with Crippen LogP contribution in [0.2, 0.25) is 0 Å². The molecular formula is C12H18N2O3S2. The van der Waals surface area contributed by atoms with E-state index in [0.29, 0.717) is 24.5 Å². The van der Waals surface area contributed by atoms with Crippen LogP contribution in [-0.4, -0.2) is 50.2 Å². The molecule has 0 radical (unpaired) electrons. The van der Waals surface area contributed by atoms with Crippen molar-refractivity contribution in [3.8, 4) is 0 Å². The lowest BCUT2D eigenvalue weighted by Crippen LogP contribution is -2.31. The van der Waals surface area contributed by atoms with E-state index >= 15 is 0 Å². The number of sulfonamides is 1. The number of rotatable bonds is 4. The summed E-state index contributed by atoms with van der Waals surface area (Å²) in [6, 6.07) is 1.54. The molecular weight excluding hydrogens is 284 g/mol. The topological polar surface area (TPSA) is 57.7 Å². The monoisotopic (exact) mass is 302 g/mol. The highest BCUT2D eigenvalue weighted by atomic mass is 32.2. The molecule has 106 valence electrons. The molecule has 0 saturated carbocycles. The summed E-state index contributed by atoms with van der Waals surface area (Å²) in [7, 11) is -1.84. The maximum absolute atomic E-state index is 12.5. The molecule has 1 saturated heterocycles. The van der Waals surface area contributed by atoms with E-state index in [4.69, 9.17) is 0 Å². The van der Waals surface area contributed by atoms with Gasteiger partial charge in [0.25, 0.3) is 5.91 Å². The van der Waals surface area contributed by atoms with Crippen LogP contribution in [0.15, 0.2) is 16.3 Å². The Bertz CT molecular complexity index is 559. The number of thiophene rings is 1. The lowest BCUT2D eigenvalue weighted by molar-refractivity contribution is 0.0803. The third-order valence-electron chi connectivity index (χ3n) is 3.33. The molecule has 5 nitrogen and oxygen atoms in total. The number of nitrogens with zero attached hydrogens (tertiary/aromatic N) is 2. The highest BCUT2D eigenvalue weighted by Crippen LogP contribution is 2.28. The van der Waals surface area contributed by atoms with Crippen LogP contribution in [0.5, 0.6) is 0 Å². The van der Waals surface area contributed by atoms with Gasteiger partial charge in [-0.1, -0.05) is 0 Å². The van der Waals surface area contributed by atoms with Crippen molar-refractivity contribution in [1.82, 2.24) is 9.21 Å². The lowest BCUT2D eigenvalue weighted by atomic mass is 10.4. The van der Waals surface area contributed by atoms with Crippen LogP contribution in [0, 0.1) is 0 Å². The van der Waals surface area contributed by atoms with Gasteiger partial charge in [-0.25, -0.2) is 8.42 Å².